The first-order valence-electron chi connectivity index (χ1n) is 5.64. The predicted octanol–water partition coefficient (Wildman–Crippen LogP) is 3.88. The number of aliphatic carboxylic acids is 1. The van der Waals surface area contributed by atoms with Crippen molar-refractivity contribution < 1.29 is 9.90 Å². The van der Waals surface area contributed by atoms with Gasteiger partial charge in [0.05, 0.1) is 0 Å². The average molecular weight is 220 g/mol. The van der Waals surface area contributed by atoms with Crippen molar-refractivity contribution in [2.75, 3.05) is 0 Å². The second kappa shape index (κ2) is 11.5. The summed E-state index contributed by atoms with van der Waals surface area (Å²) >= 11 is 0. The average Bonchev–Trinajstić information content (AvgIpc) is 2.25. The zero-order chi connectivity index (χ0) is 12.1. The Balaban J connectivity index is 3.51. The Morgan fingerprint density at radius 1 is 1.00 bits per heavy atom. The van der Waals surface area contributed by atoms with E-state index in [-0.39, 0.29) is 6.42 Å². The van der Waals surface area contributed by atoms with Gasteiger partial charge in [-0.05, 0) is 19.3 Å². The monoisotopic (exact) mass is 220 g/mol. The minimum Gasteiger partial charge on any atom is -0.481 e. The fourth-order valence-corrected chi connectivity index (χ4v) is 1.02. The van der Waals surface area contributed by atoms with Crippen molar-refractivity contribution in [2.24, 2.45) is 0 Å². The van der Waals surface area contributed by atoms with Crippen LogP contribution in [-0.4, -0.2) is 11.1 Å². The SMILES string of the molecule is CC/C=C/C=C/C=C/C=C/CCCC(=O)O. The lowest BCUT2D eigenvalue weighted by Crippen LogP contribution is -1.92. The molecule has 0 spiro atoms. The van der Waals surface area contributed by atoms with Crippen molar-refractivity contribution in [2.45, 2.75) is 32.6 Å². The molecule has 2 nitrogen and oxygen atoms in total. The summed E-state index contributed by atoms with van der Waals surface area (Å²) in [5.74, 6) is -0.727. The summed E-state index contributed by atoms with van der Waals surface area (Å²) in [6, 6.07) is 0. The molecule has 0 saturated heterocycles. The number of hydrogen-bond acceptors (Lipinski definition) is 1. The first kappa shape index (κ1) is 14.4. The van der Waals surface area contributed by atoms with E-state index in [1.54, 1.807) is 0 Å². The first-order chi connectivity index (χ1) is 7.77. The van der Waals surface area contributed by atoms with Crippen LogP contribution in [0.3, 0.4) is 0 Å². The maximum atomic E-state index is 10.2. The van der Waals surface area contributed by atoms with Gasteiger partial charge in [0, 0.05) is 6.42 Å². The van der Waals surface area contributed by atoms with Crippen LogP contribution in [0.1, 0.15) is 32.6 Å². The Morgan fingerprint density at radius 3 is 2.12 bits per heavy atom. The van der Waals surface area contributed by atoms with Gasteiger partial charge >= 0.3 is 5.97 Å². The van der Waals surface area contributed by atoms with Gasteiger partial charge in [0.1, 0.15) is 0 Å². The molecule has 2 heteroatoms. The van der Waals surface area contributed by atoms with Crippen LogP contribution in [-0.2, 0) is 4.79 Å². The highest BCUT2D eigenvalue weighted by Gasteiger charge is 1.92. The van der Waals surface area contributed by atoms with Crippen molar-refractivity contribution in [3.05, 3.63) is 48.6 Å². The predicted molar refractivity (Wildman–Crippen MR) is 68.3 cm³/mol. The summed E-state index contributed by atoms with van der Waals surface area (Å²) in [6.07, 6.45) is 18.7. The summed E-state index contributed by atoms with van der Waals surface area (Å²) in [6.45, 7) is 2.10. The lowest BCUT2D eigenvalue weighted by Gasteiger charge is -1.88. The third-order valence-corrected chi connectivity index (χ3v) is 1.82. The second-order valence-corrected chi connectivity index (χ2v) is 3.32. The molecule has 0 aliphatic carbocycles. The van der Waals surface area contributed by atoms with Crippen molar-refractivity contribution in [3.63, 3.8) is 0 Å². The maximum absolute atomic E-state index is 10.2. The molecule has 0 aliphatic heterocycles. The molecule has 0 radical (unpaired) electrons. The van der Waals surface area contributed by atoms with Crippen LogP contribution >= 0.6 is 0 Å². The highest BCUT2D eigenvalue weighted by atomic mass is 16.4. The van der Waals surface area contributed by atoms with Gasteiger partial charge < -0.3 is 5.11 Å². The number of unbranched alkanes of at least 4 members (excludes halogenated alkanes) is 1. The second-order valence-electron chi connectivity index (χ2n) is 3.32. The van der Waals surface area contributed by atoms with Crippen LogP contribution in [0.5, 0.6) is 0 Å². The van der Waals surface area contributed by atoms with Gasteiger partial charge in [-0.3, -0.25) is 4.79 Å². The van der Waals surface area contributed by atoms with E-state index in [4.69, 9.17) is 5.11 Å². The Labute approximate surface area is 97.7 Å². The number of carboxylic acids is 1. The molecule has 16 heavy (non-hydrogen) atoms. The number of carbonyl (C=O) groups is 1. The van der Waals surface area contributed by atoms with Gasteiger partial charge in [0.25, 0.3) is 0 Å². The molecule has 0 aromatic carbocycles. The molecule has 0 amide bonds. The minimum absolute atomic E-state index is 0.246. The molecule has 0 rings (SSSR count). The van der Waals surface area contributed by atoms with Gasteiger partial charge in [0.15, 0.2) is 0 Å². The molecule has 0 aromatic rings. The number of rotatable bonds is 8. The van der Waals surface area contributed by atoms with Gasteiger partial charge in [0.2, 0.25) is 0 Å². The highest BCUT2D eigenvalue weighted by molar-refractivity contribution is 5.66. The van der Waals surface area contributed by atoms with Crippen LogP contribution in [0.25, 0.3) is 0 Å². The molecule has 0 atom stereocenters. The van der Waals surface area contributed by atoms with E-state index < -0.39 is 5.97 Å². The van der Waals surface area contributed by atoms with E-state index in [9.17, 15) is 4.79 Å². The van der Waals surface area contributed by atoms with E-state index in [1.165, 1.54) is 0 Å². The Hall–Kier alpha value is -1.57. The zero-order valence-electron chi connectivity index (χ0n) is 9.80. The van der Waals surface area contributed by atoms with Crippen molar-refractivity contribution in [1.29, 1.82) is 0 Å². The summed E-state index contributed by atoms with van der Waals surface area (Å²) in [7, 11) is 0. The molecule has 0 heterocycles. The fourth-order valence-electron chi connectivity index (χ4n) is 1.02. The third kappa shape index (κ3) is 12.4. The van der Waals surface area contributed by atoms with E-state index >= 15 is 0 Å². The molecule has 0 aliphatic rings. The molecule has 0 bridgehead atoms. The number of carboxylic acid groups (broad SMARTS) is 1. The number of allylic oxidation sites excluding steroid dienone is 8. The smallest absolute Gasteiger partial charge is 0.303 e. The van der Waals surface area contributed by atoms with Gasteiger partial charge in [-0.25, -0.2) is 0 Å². The lowest BCUT2D eigenvalue weighted by molar-refractivity contribution is -0.137. The van der Waals surface area contributed by atoms with Crippen molar-refractivity contribution in [1.82, 2.24) is 0 Å². The van der Waals surface area contributed by atoms with Crippen LogP contribution in [0, 0.1) is 0 Å². The lowest BCUT2D eigenvalue weighted by atomic mass is 10.2. The summed E-state index contributed by atoms with van der Waals surface area (Å²) in [5, 5.41) is 8.40. The van der Waals surface area contributed by atoms with Crippen LogP contribution in [0.2, 0.25) is 0 Å². The topological polar surface area (TPSA) is 37.3 Å². The quantitative estimate of drug-likeness (QED) is 0.498. The van der Waals surface area contributed by atoms with Crippen LogP contribution in [0.4, 0.5) is 0 Å². The van der Waals surface area contributed by atoms with E-state index in [2.05, 4.69) is 13.0 Å². The van der Waals surface area contributed by atoms with E-state index in [1.807, 2.05) is 42.5 Å². The first-order valence-corrected chi connectivity index (χ1v) is 5.64. The van der Waals surface area contributed by atoms with E-state index in [0.717, 1.165) is 12.8 Å². The molecule has 0 unspecified atom stereocenters. The Kier molecular flexibility index (Phi) is 10.4. The molecular formula is C14H20O2. The molecule has 88 valence electrons. The van der Waals surface area contributed by atoms with Gasteiger partial charge in [-0.1, -0.05) is 55.5 Å². The number of hydrogen-bond donors (Lipinski definition) is 1. The normalized spacial score (nSPS) is 12.6. The molecule has 0 aromatic heterocycles. The summed E-state index contributed by atoms with van der Waals surface area (Å²) in [5.41, 5.74) is 0. The van der Waals surface area contributed by atoms with Crippen molar-refractivity contribution in [3.8, 4) is 0 Å². The summed E-state index contributed by atoms with van der Waals surface area (Å²) < 4.78 is 0. The molecule has 1 N–H and O–H groups in total. The highest BCUT2D eigenvalue weighted by Crippen LogP contribution is 1.96. The summed E-state index contributed by atoms with van der Waals surface area (Å²) in [4.78, 5) is 10.2. The zero-order valence-corrected chi connectivity index (χ0v) is 9.80. The fraction of sp³-hybridized carbons (Fsp3) is 0.357. The maximum Gasteiger partial charge on any atom is 0.303 e. The van der Waals surface area contributed by atoms with Gasteiger partial charge in [-0.15, -0.1) is 0 Å². The minimum atomic E-state index is -0.727. The van der Waals surface area contributed by atoms with Gasteiger partial charge in [-0.2, -0.15) is 0 Å². The largest absolute Gasteiger partial charge is 0.481 e. The molecule has 0 fully saturated rings. The van der Waals surface area contributed by atoms with E-state index in [0.29, 0.717) is 6.42 Å². The Morgan fingerprint density at radius 2 is 1.56 bits per heavy atom. The molecule has 0 saturated carbocycles. The molecular weight excluding hydrogens is 200 g/mol. The standard InChI is InChI=1S/C14H20O2/c1-2-3-4-5-6-7-8-9-10-11-12-13-14(15)16/h3-10H,2,11-13H2,1H3,(H,15,16)/b4-3+,6-5+,8-7+,10-9+. The third-order valence-electron chi connectivity index (χ3n) is 1.82. The van der Waals surface area contributed by atoms with Crippen LogP contribution < -0.4 is 0 Å². The Bertz CT molecular complexity index is 283. The van der Waals surface area contributed by atoms with Crippen molar-refractivity contribution >= 4 is 5.97 Å². The van der Waals surface area contributed by atoms with Crippen LogP contribution in [0.15, 0.2) is 48.6 Å².